The molecule has 0 heterocycles. The van der Waals surface area contributed by atoms with E-state index in [1.165, 1.54) is 0 Å². The van der Waals surface area contributed by atoms with E-state index < -0.39 is 0 Å². The van der Waals surface area contributed by atoms with E-state index in [4.69, 9.17) is 23.2 Å². The molecule has 0 saturated heterocycles. The average Bonchev–Trinajstić information content (AvgIpc) is 2.38. The van der Waals surface area contributed by atoms with Crippen LogP contribution in [0.3, 0.4) is 0 Å². The minimum Gasteiger partial charge on any atom is -0.352 e. The number of hydrogen-bond donors (Lipinski definition) is 1. The fraction of sp³-hybridized carbons (Fsp3) is 0.462. The smallest absolute Gasteiger partial charge is 0.252 e. The van der Waals surface area contributed by atoms with Crippen molar-refractivity contribution < 1.29 is 4.79 Å². The quantitative estimate of drug-likeness (QED) is 0.630. The Hall–Kier alpha value is -0.380. The second-order valence-electron chi connectivity index (χ2n) is 3.90. The van der Waals surface area contributed by atoms with Crippen LogP contribution in [0, 0.1) is 0 Å². The van der Waals surface area contributed by atoms with E-state index in [1.807, 2.05) is 19.2 Å². The van der Waals surface area contributed by atoms with Crippen molar-refractivity contribution in [2.45, 2.75) is 30.0 Å². The van der Waals surface area contributed by atoms with Gasteiger partial charge in [-0.25, -0.2) is 0 Å². The molecule has 0 fully saturated rings. The third kappa shape index (κ3) is 4.71. The molecule has 0 aromatic heterocycles. The highest BCUT2D eigenvalue weighted by atomic mass is 35.5. The molecule has 2 nitrogen and oxygen atoms in total. The lowest BCUT2D eigenvalue weighted by Crippen LogP contribution is -2.26. The van der Waals surface area contributed by atoms with Gasteiger partial charge in [0, 0.05) is 16.8 Å². The predicted octanol–water partition coefficient (Wildman–Crippen LogP) is 4.20. The monoisotopic (exact) mass is 305 g/mol. The zero-order valence-corrected chi connectivity index (χ0v) is 12.8. The first-order valence-electron chi connectivity index (χ1n) is 5.84. The summed E-state index contributed by atoms with van der Waals surface area (Å²) in [5.74, 6) is -0.143. The van der Waals surface area contributed by atoms with E-state index in [9.17, 15) is 4.79 Å². The van der Waals surface area contributed by atoms with Gasteiger partial charge in [0.05, 0.1) is 10.6 Å². The fourth-order valence-electron chi connectivity index (χ4n) is 1.45. The summed E-state index contributed by atoms with van der Waals surface area (Å²) in [6, 6.07) is 5.45. The summed E-state index contributed by atoms with van der Waals surface area (Å²) in [5.41, 5.74) is 0.520. The van der Waals surface area contributed by atoms with Crippen LogP contribution >= 0.6 is 35.0 Å². The van der Waals surface area contributed by atoms with Crippen molar-refractivity contribution in [1.29, 1.82) is 0 Å². The lowest BCUT2D eigenvalue weighted by molar-refractivity contribution is 0.0953. The molecule has 1 unspecified atom stereocenters. The maximum absolute atomic E-state index is 12.0. The first-order chi connectivity index (χ1) is 8.58. The Labute approximate surface area is 122 Å². The molecule has 0 spiro atoms. The van der Waals surface area contributed by atoms with E-state index in [-0.39, 0.29) is 11.3 Å². The van der Waals surface area contributed by atoms with Crippen molar-refractivity contribution >= 4 is 40.9 Å². The van der Waals surface area contributed by atoms with Gasteiger partial charge in [0.1, 0.15) is 0 Å². The van der Waals surface area contributed by atoms with Gasteiger partial charge in [-0.1, -0.05) is 18.5 Å². The summed E-state index contributed by atoms with van der Waals surface area (Å²) < 4.78 is 0. The first kappa shape index (κ1) is 15.7. The second kappa shape index (κ2) is 7.93. The molecule has 0 aliphatic carbocycles. The van der Waals surface area contributed by atoms with E-state index in [1.54, 1.807) is 23.9 Å². The van der Waals surface area contributed by atoms with Crippen molar-refractivity contribution in [3.63, 3.8) is 0 Å². The second-order valence-corrected chi connectivity index (χ2v) is 5.80. The highest BCUT2D eigenvalue weighted by Crippen LogP contribution is 2.22. The largest absolute Gasteiger partial charge is 0.352 e. The number of carbonyl (C=O) groups excluding carboxylic acids is 1. The Morgan fingerprint density at radius 2 is 2.22 bits per heavy atom. The van der Waals surface area contributed by atoms with Gasteiger partial charge < -0.3 is 5.32 Å². The van der Waals surface area contributed by atoms with E-state index in [0.29, 0.717) is 17.1 Å². The van der Waals surface area contributed by atoms with Gasteiger partial charge in [0.2, 0.25) is 0 Å². The van der Waals surface area contributed by atoms with Crippen LogP contribution < -0.4 is 5.32 Å². The van der Waals surface area contributed by atoms with Gasteiger partial charge in [-0.05, 0) is 37.3 Å². The van der Waals surface area contributed by atoms with Crippen molar-refractivity contribution in [1.82, 2.24) is 5.32 Å². The Balaban J connectivity index is 2.61. The summed E-state index contributed by atoms with van der Waals surface area (Å²) >= 11 is 13.6. The number of carbonyl (C=O) groups is 1. The molecular weight excluding hydrogens is 289 g/mol. The average molecular weight is 306 g/mol. The number of amides is 1. The number of halogens is 2. The topological polar surface area (TPSA) is 29.1 Å². The van der Waals surface area contributed by atoms with Crippen LogP contribution in [-0.4, -0.2) is 24.1 Å². The fourth-order valence-corrected chi connectivity index (χ4v) is 2.20. The molecule has 1 atom stereocenters. The summed E-state index contributed by atoms with van der Waals surface area (Å²) in [7, 11) is 0. The van der Waals surface area contributed by atoms with Gasteiger partial charge in [-0.3, -0.25) is 4.79 Å². The highest BCUT2D eigenvalue weighted by molar-refractivity contribution is 7.98. The molecule has 1 aromatic rings. The normalized spacial score (nSPS) is 12.2. The minimum absolute atomic E-state index is 0.110. The molecule has 0 aliphatic heterocycles. The molecule has 0 bridgehead atoms. The SMILES string of the molecule is CCC(Cl)CCNC(=O)c1cc(SC)ccc1Cl. The third-order valence-electron chi connectivity index (χ3n) is 2.60. The van der Waals surface area contributed by atoms with Crippen LogP contribution in [0.15, 0.2) is 23.1 Å². The summed E-state index contributed by atoms with van der Waals surface area (Å²) in [4.78, 5) is 13.0. The predicted molar refractivity (Wildman–Crippen MR) is 80.1 cm³/mol. The molecule has 5 heteroatoms. The maximum atomic E-state index is 12.0. The Bertz CT molecular complexity index is 412. The summed E-state index contributed by atoms with van der Waals surface area (Å²) in [6.45, 7) is 2.60. The molecule has 100 valence electrons. The lowest BCUT2D eigenvalue weighted by atomic mass is 10.2. The van der Waals surface area contributed by atoms with Crippen molar-refractivity contribution in [3.05, 3.63) is 28.8 Å². The zero-order valence-electron chi connectivity index (χ0n) is 10.5. The number of thioether (sulfide) groups is 1. The number of alkyl halides is 1. The molecule has 0 radical (unpaired) electrons. The molecular formula is C13H17Cl2NOS. The standard InChI is InChI=1S/C13H17Cl2NOS/c1-3-9(14)6-7-16-13(17)11-8-10(18-2)4-5-12(11)15/h4-5,8-9H,3,6-7H2,1-2H3,(H,16,17). The van der Waals surface area contributed by atoms with Gasteiger partial charge in [0.15, 0.2) is 0 Å². The van der Waals surface area contributed by atoms with Crippen molar-refractivity contribution in [3.8, 4) is 0 Å². The number of rotatable bonds is 6. The molecule has 1 N–H and O–H groups in total. The third-order valence-corrected chi connectivity index (χ3v) is 4.19. The van der Waals surface area contributed by atoms with Crippen LogP contribution in [0.5, 0.6) is 0 Å². The Morgan fingerprint density at radius 1 is 1.50 bits per heavy atom. The Kier molecular flexibility index (Phi) is 6.90. The molecule has 1 aromatic carbocycles. The summed E-state index contributed by atoms with van der Waals surface area (Å²) in [6.07, 6.45) is 3.63. The van der Waals surface area contributed by atoms with E-state index in [2.05, 4.69) is 5.32 Å². The molecule has 0 aliphatic rings. The lowest BCUT2D eigenvalue weighted by Gasteiger charge is -2.09. The van der Waals surface area contributed by atoms with Gasteiger partial charge in [-0.15, -0.1) is 23.4 Å². The van der Waals surface area contributed by atoms with Crippen molar-refractivity contribution in [2.24, 2.45) is 0 Å². The van der Waals surface area contributed by atoms with Crippen LogP contribution in [-0.2, 0) is 0 Å². The van der Waals surface area contributed by atoms with Crippen LogP contribution in [0.2, 0.25) is 5.02 Å². The highest BCUT2D eigenvalue weighted by Gasteiger charge is 2.11. The van der Waals surface area contributed by atoms with Crippen LogP contribution in [0.25, 0.3) is 0 Å². The van der Waals surface area contributed by atoms with Gasteiger partial charge in [0.25, 0.3) is 5.91 Å². The van der Waals surface area contributed by atoms with Crippen LogP contribution in [0.1, 0.15) is 30.1 Å². The maximum Gasteiger partial charge on any atom is 0.252 e. The minimum atomic E-state index is -0.143. The molecule has 1 amide bonds. The molecule has 18 heavy (non-hydrogen) atoms. The van der Waals surface area contributed by atoms with E-state index in [0.717, 1.165) is 17.7 Å². The molecule has 1 rings (SSSR count). The first-order valence-corrected chi connectivity index (χ1v) is 7.88. The Morgan fingerprint density at radius 3 is 2.83 bits per heavy atom. The number of benzene rings is 1. The number of nitrogens with one attached hydrogen (secondary N) is 1. The summed E-state index contributed by atoms with van der Waals surface area (Å²) in [5, 5.41) is 3.42. The van der Waals surface area contributed by atoms with Crippen molar-refractivity contribution in [2.75, 3.05) is 12.8 Å². The van der Waals surface area contributed by atoms with E-state index >= 15 is 0 Å². The van der Waals surface area contributed by atoms with Gasteiger partial charge in [-0.2, -0.15) is 0 Å². The molecule has 0 saturated carbocycles. The zero-order chi connectivity index (χ0) is 13.5. The van der Waals surface area contributed by atoms with Crippen LogP contribution in [0.4, 0.5) is 0 Å². The van der Waals surface area contributed by atoms with Gasteiger partial charge >= 0.3 is 0 Å². The number of hydrogen-bond acceptors (Lipinski definition) is 2.